The van der Waals surface area contributed by atoms with Crippen molar-refractivity contribution in [3.8, 4) is 0 Å². The Morgan fingerprint density at radius 2 is 0.759 bits per heavy atom. The Morgan fingerprint density at radius 1 is 0.431 bits per heavy atom. The van der Waals surface area contributed by atoms with E-state index < -0.39 is 22.0 Å². The number of unbranched alkanes of at least 4 members (excludes halogenated alkanes) is 8. The fourth-order valence-corrected chi connectivity index (χ4v) is 16.6. The lowest BCUT2D eigenvalue weighted by Crippen LogP contribution is -2.65. The molecule has 12 bridgehead atoms. The molecule has 58 heavy (non-hydrogen) atoms. The highest BCUT2D eigenvalue weighted by molar-refractivity contribution is 5.84. The first kappa shape index (κ1) is 41.2. The van der Waals surface area contributed by atoms with Crippen molar-refractivity contribution in [2.75, 3.05) is 13.2 Å². The van der Waals surface area contributed by atoms with Gasteiger partial charge in [0.2, 0.25) is 0 Å². The molecule has 12 aliphatic rings. The Bertz CT molecular complexity index is 1350. The van der Waals surface area contributed by atoms with Gasteiger partial charge in [-0.1, -0.05) is 65.2 Å². The number of carbonyl (C=O) groups is 4. The lowest BCUT2D eigenvalue weighted by Gasteiger charge is -2.63. The average molecular weight is 805 g/mol. The van der Waals surface area contributed by atoms with Crippen molar-refractivity contribution in [2.45, 2.75) is 205 Å². The standard InChI is InChI=1S/C50H76O8/c1-3-5-7-9-11-13-55-43(51)30-49(39-18-33-15-34(20-39)21-40(49)19-33)57-45(53)47-26-37-17-38(27-47)29-48(28-37,32-47)46(54)58-50(31-44(52)56-14-12-10-8-6-4-2)41-22-35-16-36(24-41)25-42(50)23-35/h33-42H,3-32H2,1-2H3. The van der Waals surface area contributed by atoms with Crippen LogP contribution in [0.15, 0.2) is 0 Å². The zero-order chi connectivity index (χ0) is 40.1. The number of rotatable bonds is 20. The Morgan fingerprint density at radius 3 is 1.10 bits per heavy atom. The Kier molecular flexibility index (Phi) is 11.8. The monoisotopic (exact) mass is 805 g/mol. The van der Waals surface area contributed by atoms with Crippen LogP contribution in [0, 0.1) is 70.0 Å². The summed E-state index contributed by atoms with van der Waals surface area (Å²) in [5.74, 6) is 3.31. The molecule has 0 atom stereocenters. The van der Waals surface area contributed by atoms with Crippen LogP contribution in [0.2, 0.25) is 0 Å². The van der Waals surface area contributed by atoms with Crippen molar-refractivity contribution in [2.24, 2.45) is 70.0 Å². The fourth-order valence-electron chi connectivity index (χ4n) is 16.6. The first-order chi connectivity index (χ1) is 28.1. The summed E-state index contributed by atoms with van der Waals surface area (Å²) in [4.78, 5) is 57.8. The van der Waals surface area contributed by atoms with Crippen LogP contribution in [-0.4, -0.2) is 48.3 Å². The summed E-state index contributed by atoms with van der Waals surface area (Å²) in [7, 11) is 0. The van der Waals surface area contributed by atoms with Gasteiger partial charge in [-0.15, -0.1) is 0 Å². The Hall–Kier alpha value is -2.12. The molecule has 12 fully saturated rings. The number of hydrogen-bond acceptors (Lipinski definition) is 8. The van der Waals surface area contributed by atoms with E-state index in [-0.39, 0.29) is 72.2 Å². The van der Waals surface area contributed by atoms with Crippen LogP contribution in [0.4, 0.5) is 0 Å². The average Bonchev–Trinajstić information content (AvgIpc) is 3.17. The molecule has 0 aromatic heterocycles. The largest absolute Gasteiger partial charge is 0.466 e. The highest BCUT2D eigenvalue weighted by atomic mass is 16.6. The third kappa shape index (κ3) is 7.70. The molecule has 12 saturated carbocycles. The molecule has 0 heterocycles. The molecule has 0 unspecified atom stereocenters. The lowest BCUT2D eigenvalue weighted by molar-refractivity contribution is -0.244. The molecule has 0 saturated heterocycles. The predicted molar refractivity (Wildman–Crippen MR) is 220 cm³/mol. The van der Waals surface area contributed by atoms with Crippen LogP contribution < -0.4 is 0 Å². The molecular formula is C50H76O8. The Balaban J connectivity index is 0.924. The molecule has 12 aliphatic carbocycles. The van der Waals surface area contributed by atoms with Gasteiger partial charge < -0.3 is 18.9 Å². The normalized spacial score (nSPS) is 43.4. The van der Waals surface area contributed by atoms with Crippen molar-refractivity contribution in [3.05, 3.63) is 0 Å². The van der Waals surface area contributed by atoms with Gasteiger partial charge in [0.05, 0.1) is 36.9 Å². The Labute approximate surface area is 349 Å². The van der Waals surface area contributed by atoms with Crippen molar-refractivity contribution in [3.63, 3.8) is 0 Å². The van der Waals surface area contributed by atoms with E-state index in [0.717, 1.165) is 122 Å². The smallest absolute Gasteiger partial charge is 0.312 e. The van der Waals surface area contributed by atoms with Gasteiger partial charge in [0.25, 0.3) is 0 Å². The van der Waals surface area contributed by atoms with Gasteiger partial charge in [-0.2, -0.15) is 0 Å². The van der Waals surface area contributed by atoms with E-state index in [1.165, 1.54) is 38.5 Å². The molecule has 0 aliphatic heterocycles. The third-order valence-corrected chi connectivity index (χ3v) is 18.4. The summed E-state index contributed by atoms with van der Waals surface area (Å²) in [5, 5.41) is 0. The quantitative estimate of drug-likeness (QED) is 0.0680. The van der Waals surface area contributed by atoms with Gasteiger partial charge in [-0.25, -0.2) is 0 Å². The molecule has 0 radical (unpaired) electrons. The summed E-state index contributed by atoms with van der Waals surface area (Å²) < 4.78 is 25.9. The van der Waals surface area contributed by atoms with E-state index in [9.17, 15) is 9.59 Å². The molecule has 324 valence electrons. The van der Waals surface area contributed by atoms with Crippen molar-refractivity contribution in [1.82, 2.24) is 0 Å². The maximum absolute atomic E-state index is 15.2. The van der Waals surface area contributed by atoms with Crippen molar-refractivity contribution in [1.29, 1.82) is 0 Å². The van der Waals surface area contributed by atoms with Gasteiger partial charge >= 0.3 is 23.9 Å². The third-order valence-electron chi connectivity index (χ3n) is 18.4. The van der Waals surface area contributed by atoms with Crippen LogP contribution >= 0.6 is 0 Å². The first-order valence-electron chi connectivity index (χ1n) is 24.8. The van der Waals surface area contributed by atoms with Crippen LogP contribution in [0.25, 0.3) is 0 Å². The fraction of sp³-hybridized carbons (Fsp3) is 0.920. The number of carbonyl (C=O) groups excluding carboxylic acids is 4. The van der Waals surface area contributed by atoms with Crippen LogP contribution in [0.1, 0.15) is 194 Å². The van der Waals surface area contributed by atoms with Gasteiger partial charge in [0.1, 0.15) is 11.2 Å². The zero-order valence-corrected chi connectivity index (χ0v) is 36.3. The molecule has 8 nitrogen and oxygen atoms in total. The second-order valence-electron chi connectivity index (χ2n) is 22.4. The van der Waals surface area contributed by atoms with Crippen LogP contribution in [0.5, 0.6) is 0 Å². The summed E-state index contributed by atoms with van der Waals surface area (Å²) in [6, 6.07) is 0. The van der Waals surface area contributed by atoms with Gasteiger partial charge in [0, 0.05) is 23.7 Å². The maximum atomic E-state index is 15.2. The molecule has 0 spiro atoms. The molecule has 12 rings (SSSR count). The minimum atomic E-state index is -0.804. The topological polar surface area (TPSA) is 105 Å². The SMILES string of the molecule is CCCCCCCOC(=O)CC1(OC(=O)C23CC4CC(C2)CC(C(=O)OC2(CC(=O)OCCCCCCC)C5CC6CC(C5)CC2C6)(C4)C3)C2CC3CC(C2)CC1C3. The zero-order valence-electron chi connectivity index (χ0n) is 36.3. The van der Waals surface area contributed by atoms with Crippen molar-refractivity contribution < 1.29 is 38.1 Å². The summed E-state index contributed by atoms with van der Waals surface area (Å²) in [6.07, 6.45) is 26.7. The summed E-state index contributed by atoms with van der Waals surface area (Å²) in [5.41, 5.74) is -3.08. The van der Waals surface area contributed by atoms with E-state index >= 15 is 9.59 Å². The lowest BCUT2D eigenvalue weighted by atomic mass is 9.44. The molecule has 0 N–H and O–H groups in total. The second-order valence-corrected chi connectivity index (χ2v) is 22.4. The minimum Gasteiger partial charge on any atom is -0.466 e. The number of ether oxygens (including phenoxy) is 4. The van der Waals surface area contributed by atoms with Crippen LogP contribution in [-0.2, 0) is 38.1 Å². The van der Waals surface area contributed by atoms with Gasteiger partial charge in [-0.05, 0) is 151 Å². The highest BCUT2D eigenvalue weighted by Gasteiger charge is 2.69. The van der Waals surface area contributed by atoms with E-state index in [1.807, 2.05) is 0 Å². The van der Waals surface area contributed by atoms with E-state index in [0.29, 0.717) is 43.3 Å². The summed E-state index contributed by atoms with van der Waals surface area (Å²) >= 11 is 0. The maximum Gasteiger partial charge on any atom is 0.312 e. The van der Waals surface area contributed by atoms with Gasteiger partial charge in [-0.3, -0.25) is 19.2 Å². The van der Waals surface area contributed by atoms with Gasteiger partial charge in [0.15, 0.2) is 0 Å². The number of hydrogen-bond donors (Lipinski definition) is 0. The van der Waals surface area contributed by atoms with E-state index in [2.05, 4.69) is 13.8 Å². The summed E-state index contributed by atoms with van der Waals surface area (Å²) in [6.45, 7) is 5.29. The number of esters is 4. The molecule has 0 aromatic rings. The van der Waals surface area contributed by atoms with Crippen LogP contribution in [0.3, 0.4) is 0 Å². The second kappa shape index (κ2) is 16.6. The molecule has 8 heteroatoms. The van der Waals surface area contributed by atoms with E-state index in [4.69, 9.17) is 18.9 Å². The minimum absolute atomic E-state index is 0.148. The van der Waals surface area contributed by atoms with Crippen molar-refractivity contribution >= 4 is 23.9 Å². The predicted octanol–water partition coefficient (Wildman–Crippen LogP) is 10.9. The first-order valence-corrected chi connectivity index (χ1v) is 24.8. The molecule has 0 amide bonds. The highest BCUT2D eigenvalue weighted by Crippen LogP contribution is 2.69. The molecular weight excluding hydrogens is 729 g/mol. The van der Waals surface area contributed by atoms with E-state index in [1.54, 1.807) is 0 Å². The molecule has 0 aromatic carbocycles.